The summed E-state index contributed by atoms with van der Waals surface area (Å²) in [7, 11) is 0. The van der Waals surface area contributed by atoms with Gasteiger partial charge in [-0.2, -0.15) is 5.10 Å². The normalized spacial score (nSPS) is 14.0. The number of benzene rings is 1. The van der Waals surface area contributed by atoms with Crippen LogP contribution in [0.1, 0.15) is 12.5 Å². The molecule has 0 N–H and O–H groups in total. The minimum atomic E-state index is 0.100. The summed E-state index contributed by atoms with van der Waals surface area (Å²) < 4.78 is 1.81. The fourth-order valence-corrected chi connectivity index (χ4v) is 2.85. The van der Waals surface area contributed by atoms with Crippen LogP contribution in [0.15, 0.2) is 39.2 Å². The lowest BCUT2D eigenvalue weighted by atomic mass is 10.1. The van der Waals surface area contributed by atoms with Gasteiger partial charge in [0.05, 0.1) is 10.6 Å². The van der Waals surface area contributed by atoms with Crippen LogP contribution in [0.5, 0.6) is 0 Å². The molecule has 1 aliphatic heterocycles. The summed E-state index contributed by atoms with van der Waals surface area (Å²) in [5.41, 5.74) is 1.75. The van der Waals surface area contributed by atoms with Gasteiger partial charge in [-0.25, -0.2) is 4.68 Å². The van der Waals surface area contributed by atoms with Gasteiger partial charge >= 0.3 is 0 Å². The molecule has 0 amide bonds. The van der Waals surface area contributed by atoms with Crippen molar-refractivity contribution in [3.05, 3.63) is 40.2 Å². The van der Waals surface area contributed by atoms with Gasteiger partial charge in [-0.1, -0.05) is 17.8 Å². The summed E-state index contributed by atoms with van der Waals surface area (Å²) in [6, 6.07) is 5.81. The maximum atomic E-state index is 12.0. The van der Waals surface area contributed by atoms with Gasteiger partial charge in [0.1, 0.15) is 0 Å². The first-order chi connectivity index (χ1) is 7.66. The molecule has 0 radical (unpaired) electrons. The maximum absolute atomic E-state index is 12.0. The van der Waals surface area contributed by atoms with Gasteiger partial charge in [-0.15, -0.1) is 0 Å². The molecule has 16 heavy (non-hydrogen) atoms. The van der Waals surface area contributed by atoms with Gasteiger partial charge in [0, 0.05) is 22.0 Å². The molecule has 1 aromatic carbocycles. The van der Waals surface area contributed by atoms with E-state index < -0.39 is 0 Å². The lowest BCUT2D eigenvalue weighted by Crippen LogP contribution is -2.13. The number of thioether (sulfide) groups is 1. The number of hydrogen-bond donors (Lipinski definition) is 0. The molecular weight excluding hydrogens is 220 g/mol. The number of rotatable bonds is 0. The largest absolute Gasteiger partial charge is 0.289 e. The van der Waals surface area contributed by atoms with Gasteiger partial charge in [0.25, 0.3) is 0 Å². The molecule has 0 atom stereocenters. The van der Waals surface area contributed by atoms with Gasteiger partial charge < -0.3 is 0 Å². The molecule has 0 unspecified atom stereocenters. The summed E-state index contributed by atoms with van der Waals surface area (Å²) in [5, 5.41) is 6.16. The molecule has 3 nitrogen and oxygen atoms in total. The minimum absolute atomic E-state index is 0.100. The molecule has 0 aliphatic carbocycles. The van der Waals surface area contributed by atoms with Gasteiger partial charge in [0.2, 0.25) is 0 Å². The summed E-state index contributed by atoms with van der Waals surface area (Å²) >= 11 is 1.61. The Morgan fingerprint density at radius 3 is 2.94 bits per heavy atom. The third kappa shape index (κ3) is 1.23. The highest BCUT2D eigenvalue weighted by Crippen LogP contribution is 2.31. The van der Waals surface area contributed by atoms with E-state index >= 15 is 0 Å². The zero-order valence-electron chi connectivity index (χ0n) is 9.02. The van der Waals surface area contributed by atoms with E-state index in [-0.39, 0.29) is 5.43 Å². The SMILES string of the molecule is CC1=Nn2cc(C)c(=O)c3cccc(c32)S1. The molecular formula is C12H10N2OS. The van der Waals surface area contributed by atoms with E-state index in [0.29, 0.717) is 0 Å². The molecule has 2 aromatic rings. The van der Waals surface area contributed by atoms with E-state index in [4.69, 9.17) is 0 Å². The van der Waals surface area contributed by atoms with Crippen molar-refractivity contribution >= 4 is 27.7 Å². The van der Waals surface area contributed by atoms with Gasteiger partial charge in [0.15, 0.2) is 5.43 Å². The Balaban J connectivity index is 2.58. The van der Waals surface area contributed by atoms with Crippen LogP contribution < -0.4 is 5.43 Å². The van der Waals surface area contributed by atoms with E-state index in [1.54, 1.807) is 18.0 Å². The van der Waals surface area contributed by atoms with Crippen molar-refractivity contribution in [1.82, 2.24) is 4.68 Å². The molecule has 3 rings (SSSR count). The molecule has 2 heterocycles. The van der Waals surface area contributed by atoms with E-state index in [1.807, 2.05) is 36.7 Å². The topological polar surface area (TPSA) is 34.4 Å². The average molecular weight is 230 g/mol. The van der Waals surface area contributed by atoms with Crippen LogP contribution in [0.4, 0.5) is 0 Å². The molecule has 0 spiro atoms. The summed E-state index contributed by atoms with van der Waals surface area (Å²) in [4.78, 5) is 13.1. The van der Waals surface area contributed by atoms with Crippen LogP contribution in [-0.4, -0.2) is 9.72 Å². The third-order valence-corrected chi connectivity index (χ3v) is 3.58. The summed E-state index contributed by atoms with van der Waals surface area (Å²) in [6.07, 6.45) is 1.80. The van der Waals surface area contributed by atoms with Crippen molar-refractivity contribution in [3.63, 3.8) is 0 Å². The second-order valence-electron chi connectivity index (χ2n) is 3.86. The highest BCUT2D eigenvalue weighted by molar-refractivity contribution is 8.14. The third-order valence-electron chi connectivity index (χ3n) is 2.65. The van der Waals surface area contributed by atoms with Crippen LogP contribution in [0.25, 0.3) is 10.9 Å². The number of para-hydroxylation sites is 1. The maximum Gasteiger partial charge on any atom is 0.192 e. The standard InChI is InChI=1S/C12H10N2OS/c1-7-6-14-11-9(12(7)15)4-3-5-10(11)16-8(2)13-14/h3-6H,1-2H3. The van der Waals surface area contributed by atoms with Crippen LogP contribution in [0.2, 0.25) is 0 Å². The zero-order valence-corrected chi connectivity index (χ0v) is 9.84. The Labute approximate surface area is 96.8 Å². The highest BCUT2D eigenvalue weighted by Gasteiger charge is 2.15. The van der Waals surface area contributed by atoms with Gasteiger partial charge in [-0.3, -0.25) is 4.79 Å². The number of aromatic nitrogens is 1. The molecule has 4 heteroatoms. The van der Waals surface area contributed by atoms with E-state index in [0.717, 1.165) is 26.4 Å². The quantitative estimate of drug-likeness (QED) is 0.697. The van der Waals surface area contributed by atoms with Gasteiger partial charge in [-0.05, 0) is 26.0 Å². The van der Waals surface area contributed by atoms with Crippen molar-refractivity contribution < 1.29 is 0 Å². The minimum Gasteiger partial charge on any atom is -0.289 e. The Morgan fingerprint density at radius 2 is 2.12 bits per heavy atom. The molecule has 0 saturated heterocycles. The number of aryl methyl sites for hydroxylation is 1. The lowest BCUT2D eigenvalue weighted by molar-refractivity contribution is 0.889. The van der Waals surface area contributed by atoms with Crippen molar-refractivity contribution in [2.24, 2.45) is 5.10 Å². The number of nitrogens with zero attached hydrogens (tertiary/aromatic N) is 2. The first-order valence-electron chi connectivity index (χ1n) is 5.05. The molecule has 80 valence electrons. The van der Waals surface area contributed by atoms with Crippen molar-refractivity contribution in [2.45, 2.75) is 18.7 Å². The van der Waals surface area contributed by atoms with Crippen molar-refractivity contribution in [2.75, 3.05) is 0 Å². The van der Waals surface area contributed by atoms with Crippen LogP contribution in [0, 0.1) is 6.92 Å². The Hall–Kier alpha value is -1.55. The van der Waals surface area contributed by atoms with Crippen LogP contribution in [0.3, 0.4) is 0 Å². The number of hydrogen-bond acceptors (Lipinski definition) is 3. The van der Waals surface area contributed by atoms with E-state index in [9.17, 15) is 4.79 Å². The van der Waals surface area contributed by atoms with Crippen molar-refractivity contribution in [1.29, 1.82) is 0 Å². The summed E-state index contributed by atoms with van der Waals surface area (Å²) in [6.45, 7) is 3.80. The molecule has 0 saturated carbocycles. The average Bonchev–Trinajstić information content (AvgIpc) is 2.25. The van der Waals surface area contributed by atoms with Crippen molar-refractivity contribution in [3.8, 4) is 0 Å². The predicted molar refractivity (Wildman–Crippen MR) is 67.3 cm³/mol. The molecule has 0 fully saturated rings. The van der Waals surface area contributed by atoms with Crippen LogP contribution >= 0.6 is 11.8 Å². The molecule has 0 bridgehead atoms. The molecule has 1 aromatic heterocycles. The zero-order chi connectivity index (χ0) is 11.3. The smallest absolute Gasteiger partial charge is 0.192 e. The summed E-state index contributed by atoms with van der Waals surface area (Å²) in [5.74, 6) is 0. The van der Waals surface area contributed by atoms with E-state index in [2.05, 4.69) is 5.10 Å². The fourth-order valence-electron chi connectivity index (χ4n) is 1.95. The lowest BCUT2D eigenvalue weighted by Gasteiger charge is -2.16. The highest BCUT2D eigenvalue weighted by atomic mass is 32.2. The Kier molecular flexibility index (Phi) is 1.94. The first-order valence-corrected chi connectivity index (χ1v) is 5.87. The first kappa shape index (κ1) is 9.66. The second kappa shape index (κ2) is 3.22. The fraction of sp³-hybridized carbons (Fsp3) is 0.167. The monoisotopic (exact) mass is 230 g/mol. The number of pyridine rings is 1. The second-order valence-corrected chi connectivity index (χ2v) is 5.09. The Bertz CT molecular complexity index is 685. The predicted octanol–water partition coefficient (Wildman–Crippen LogP) is 2.60. The Morgan fingerprint density at radius 1 is 1.31 bits per heavy atom. The molecule has 1 aliphatic rings. The van der Waals surface area contributed by atoms with E-state index in [1.165, 1.54) is 0 Å². The van der Waals surface area contributed by atoms with Crippen LogP contribution in [-0.2, 0) is 0 Å².